The lowest BCUT2D eigenvalue weighted by atomic mass is 10.2. The summed E-state index contributed by atoms with van der Waals surface area (Å²) in [5.74, 6) is 0.584. The van der Waals surface area contributed by atoms with E-state index in [2.05, 4.69) is 20.7 Å². The predicted molar refractivity (Wildman–Crippen MR) is 73.0 cm³/mol. The van der Waals surface area contributed by atoms with Gasteiger partial charge in [0.2, 0.25) is 0 Å². The van der Waals surface area contributed by atoms with Crippen LogP contribution >= 0.6 is 0 Å². The fraction of sp³-hybridized carbons (Fsp3) is 0.308. The lowest BCUT2D eigenvalue weighted by molar-refractivity contribution is 0.0954. The molecule has 0 aliphatic carbocycles. The van der Waals surface area contributed by atoms with E-state index < -0.39 is 0 Å². The van der Waals surface area contributed by atoms with E-state index in [1.807, 2.05) is 13.1 Å². The van der Waals surface area contributed by atoms with Crippen molar-refractivity contribution in [2.24, 2.45) is 7.05 Å². The minimum atomic E-state index is -0.0962. The average molecular weight is 259 g/mol. The molecule has 0 aliphatic heterocycles. The second-order valence-corrected chi connectivity index (χ2v) is 4.13. The highest BCUT2D eigenvalue weighted by molar-refractivity contribution is 5.94. The number of hydrogen-bond acceptors (Lipinski definition) is 4. The number of carbonyl (C=O) groups is 1. The van der Waals surface area contributed by atoms with Crippen LogP contribution in [0.5, 0.6) is 0 Å². The number of pyridine rings is 1. The minimum Gasteiger partial charge on any atom is -0.373 e. The first kappa shape index (κ1) is 13.1. The molecule has 6 nitrogen and oxygen atoms in total. The van der Waals surface area contributed by atoms with E-state index in [1.165, 1.54) is 0 Å². The zero-order valence-electron chi connectivity index (χ0n) is 11.1. The van der Waals surface area contributed by atoms with Crippen molar-refractivity contribution in [2.45, 2.75) is 6.42 Å². The standard InChI is InChI=1S/C13H17N5O/c1-14-12-9-10(3-6-15-12)13(19)16-7-4-11-5-8-17-18(11)2/h3,5-6,8-9H,4,7H2,1-2H3,(H,14,15)(H,16,19). The van der Waals surface area contributed by atoms with Gasteiger partial charge in [0.15, 0.2) is 0 Å². The van der Waals surface area contributed by atoms with Crippen LogP contribution in [0.25, 0.3) is 0 Å². The van der Waals surface area contributed by atoms with E-state index in [1.54, 1.807) is 36.3 Å². The Bertz CT molecular complexity index is 564. The normalized spacial score (nSPS) is 10.2. The van der Waals surface area contributed by atoms with Crippen LogP contribution in [0, 0.1) is 0 Å². The summed E-state index contributed by atoms with van der Waals surface area (Å²) in [5.41, 5.74) is 1.69. The molecule has 100 valence electrons. The van der Waals surface area contributed by atoms with Crippen LogP contribution in [-0.2, 0) is 13.5 Å². The zero-order valence-corrected chi connectivity index (χ0v) is 11.1. The molecule has 19 heavy (non-hydrogen) atoms. The smallest absolute Gasteiger partial charge is 0.251 e. The SMILES string of the molecule is CNc1cc(C(=O)NCCc2ccnn2C)ccn1. The lowest BCUT2D eigenvalue weighted by Crippen LogP contribution is -2.26. The summed E-state index contributed by atoms with van der Waals surface area (Å²) < 4.78 is 1.80. The van der Waals surface area contributed by atoms with E-state index in [0.29, 0.717) is 17.9 Å². The zero-order chi connectivity index (χ0) is 13.7. The van der Waals surface area contributed by atoms with Gasteiger partial charge in [0.1, 0.15) is 5.82 Å². The topological polar surface area (TPSA) is 71.8 Å². The molecule has 6 heteroatoms. The maximum atomic E-state index is 11.9. The molecule has 0 saturated carbocycles. The van der Waals surface area contributed by atoms with Crippen LogP contribution in [-0.4, -0.2) is 34.3 Å². The van der Waals surface area contributed by atoms with Gasteiger partial charge in [-0.3, -0.25) is 9.48 Å². The quantitative estimate of drug-likeness (QED) is 0.834. The second-order valence-electron chi connectivity index (χ2n) is 4.13. The van der Waals surface area contributed by atoms with Crippen molar-refractivity contribution in [1.82, 2.24) is 20.1 Å². The highest BCUT2D eigenvalue weighted by atomic mass is 16.1. The van der Waals surface area contributed by atoms with Crippen LogP contribution in [0.3, 0.4) is 0 Å². The van der Waals surface area contributed by atoms with Gasteiger partial charge in [-0.05, 0) is 18.2 Å². The number of carbonyl (C=O) groups excluding carboxylic acids is 1. The van der Waals surface area contributed by atoms with Crippen LogP contribution < -0.4 is 10.6 Å². The van der Waals surface area contributed by atoms with Crippen LogP contribution in [0.1, 0.15) is 16.1 Å². The van der Waals surface area contributed by atoms with Gasteiger partial charge in [0.25, 0.3) is 5.91 Å². The monoisotopic (exact) mass is 259 g/mol. The van der Waals surface area contributed by atoms with E-state index in [4.69, 9.17) is 0 Å². The Morgan fingerprint density at radius 3 is 2.89 bits per heavy atom. The van der Waals surface area contributed by atoms with Crippen molar-refractivity contribution in [1.29, 1.82) is 0 Å². The van der Waals surface area contributed by atoms with Gasteiger partial charge in [-0.2, -0.15) is 5.10 Å². The Morgan fingerprint density at radius 2 is 2.21 bits per heavy atom. The molecule has 2 aromatic rings. The summed E-state index contributed by atoms with van der Waals surface area (Å²) >= 11 is 0. The van der Waals surface area contributed by atoms with Crippen LogP contribution in [0.2, 0.25) is 0 Å². The van der Waals surface area contributed by atoms with Gasteiger partial charge in [-0.25, -0.2) is 4.98 Å². The fourth-order valence-electron chi connectivity index (χ4n) is 1.76. The van der Waals surface area contributed by atoms with Crippen molar-refractivity contribution in [2.75, 3.05) is 18.9 Å². The molecule has 0 fully saturated rings. The van der Waals surface area contributed by atoms with Gasteiger partial charge < -0.3 is 10.6 Å². The molecule has 0 atom stereocenters. The van der Waals surface area contributed by atoms with Gasteiger partial charge in [-0.15, -0.1) is 0 Å². The molecule has 0 spiro atoms. The van der Waals surface area contributed by atoms with Crippen molar-refractivity contribution in [3.63, 3.8) is 0 Å². The summed E-state index contributed by atoms with van der Waals surface area (Å²) in [4.78, 5) is 16.0. The van der Waals surface area contributed by atoms with Gasteiger partial charge in [0, 0.05) is 50.7 Å². The molecule has 2 rings (SSSR count). The molecule has 0 saturated heterocycles. The van der Waals surface area contributed by atoms with Gasteiger partial charge in [0.05, 0.1) is 0 Å². The number of anilines is 1. The van der Waals surface area contributed by atoms with Crippen molar-refractivity contribution < 1.29 is 4.79 Å². The van der Waals surface area contributed by atoms with E-state index in [-0.39, 0.29) is 5.91 Å². The lowest BCUT2D eigenvalue weighted by Gasteiger charge is -2.06. The van der Waals surface area contributed by atoms with E-state index in [9.17, 15) is 4.79 Å². The third kappa shape index (κ3) is 3.31. The second kappa shape index (κ2) is 5.99. The van der Waals surface area contributed by atoms with E-state index >= 15 is 0 Å². The molecule has 0 radical (unpaired) electrons. The number of nitrogens with one attached hydrogen (secondary N) is 2. The molecule has 2 N–H and O–H groups in total. The van der Waals surface area contributed by atoms with Gasteiger partial charge >= 0.3 is 0 Å². The van der Waals surface area contributed by atoms with Crippen molar-refractivity contribution in [3.8, 4) is 0 Å². The molecule has 1 amide bonds. The van der Waals surface area contributed by atoms with Crippen LogP contribution in [0.4, 0.5) is 5.82 Å². The third-order valence-corrected chi connectivity index (χ3v) is 2.87. The molecule has 2 heterocycles. The molecule has 0 bridgehead atoms. The number of hydrogen-bond donors (Lipinski definition) is 2. The number of rotatable bonds is 5. The van der Waals surface area contributed by atoms with Gasteiger partial charge in [-0.1, -0.05) is 0 Å². The molecule has 0 unspecified atom stereocenters. The molecule has 0 aliphatic rings. The first-order valence-electron chi connectivity index (χ1n) is 6.09. The number of nitrogens with zero attached hydrogens (tertiary/aromatic N) is 3. The van der Waals surface area contributed by atoms with Crippen molar-refractivity contribution in [3.05, 3.63) is 41.9 Å². The summed E-state index contributed by atoms with van der Waals surface area (Å²) in [6.45, 7) is 0.579. The van der Waals surface area contributed by atoms with E-state index in [0.717, 1.165) is 12.1 Å². The summed E-state index contributed by atoms with van der Waals surface area (Å²) in [7, 11) is 3.66. The molecular formula is C13H17N5O. The average Bonchev–Trinajstić information content (AvgIpc) is 2.84. The molecule has 0 aromatic carbocycles. The number of aromatic nitrogens is 3. The number of amides is 1. The Morgan fingerprint density at radius 1 is 1.37 bits per heavy atom. The third-order valence-electron chi connectivity index (χ3n) is 2.87. The highest BCUT2D eigenvalue weighted by Crippen LogP contribution is 2.05. The first-order valence-corrected chi connectivity index (χ1v) is 6.09. The van der Waals surface area contributed by atoms with Crippen molar-refractivity contribution >= 4 is 11.7 Å². The Balaban J connectivity index is 1.89. The summed E-state index contributed by atoms with van der Waals surface area (Å²) in [6.07, 6.45) is 4.12. The summed E-state index contributed by atoms with van der Waals surface area (Å²) in [5, 5.41) is 9.87. The number of aryl methyl sites for hydroxylation is 1. The maximum Gasteiger partial charge on any atom is 0.251 e. The largest absolute Gasteiger partial charge is 0.373 e. The minimum absolute atomic E-state index is 0.0962. The highest BCUT2D eigenvalue weighted by Gasteiger charge is 2.06. The first-order chi connectivity index (χ1) is 9.20. The molecule has 2 aromatic heterocycles. The summed E-state index contributed by atoms with van der Waals surface area (Å²) in [6, 6.07) is 5.36. The molecular weight excluding hydrogens is 242 g/mol. The Kier molecular flexibility index (Phi) is 4.12. The maximum absolute atomic E-state index is 11.9. The predicted octanol–water partition coefficient (Wildman–Crippen LogP) is 0.829. The van der Waals surface area contributed by atoms with Crippen LogP contribution in [0.15, 0.2) is 30.6 Å². The fourth-order valence-corrected chi connectivity index (χ4v) is 1.76. The Hall–Kier alpha value is -2.37. The Labute approximate surface area is 111 Å².